The van der Waals surface area contributed by atoms with Crippen LogP contribution in [0.15, 0.2) is 54.7 Å². The number of hydrogen-bond donors (Lipinski definition) is 2. The Kier molecular flexibility index (Phi) is 3.73. The van der Waals surface area contributed by atoms with Crippen LogP contribution in [0.1, 0.15) is 16.7 Å². The van der Waals surface area contributed by atoms with Gasteiger partial charge in [0.25, 0.3) is 0 Å². The van der Waals surface area contributed by atoms with Gasteiger partial charge in [-0.1, -0.05) is 35.9 Å². The van der Waals surface area contributed by atoms with E-state index in [1.54, 1.807) is 6.20 Å². The van der Waals surface area contributed by atoms with Crippen LogP contribution in [0.2, 0.25) is 0 Å². The van der Waals surface area contributed by atoms with E-state index in [2.05, 4.69) is 71.8 Å². The smallest absolute Gasteiger partial charge is 0.0650 e. The molecule has 0 radical (unpaired) electrons. The van der Waals surface area contributed by atoms with Crippen LogP contribution in [-0.4, -0.2) is 10.2 Å². The number of aryl methyl sites for hydroxylation is 2. The normalized spacial score (nSPS) is 10.6. The van der Waals surface area contributed by atoms with Crippen LogP contribution in [0.3, 0.4) is 0 Å². The molecule has 3 nitrogen and oxygen atoms in total. The maximum Gasteiger partial charge on any atom is 0.0650 e. The molecular weight excluding hydrogens is 258 g/mol. The average Bonchev–Trinajstić information content (AvgIpc) is 3.03. The molecule has 3 rings (SSSR count). The zero-order chi connectivity index (χ0) is 14.7. The zero-order valence-electron chi connectivity index (χ0n) is 12.4. The van der Waals surface area contributed by atoms with Gasteiger partial charge in [0, 0.05) is 18.4 Å². The molecule has 0 unspecified atom stereocenters. The van der Waals surface area contributed by atoms with E-state index in [-0.39, 0.29) is 0 Å². The number of benzene rings is 2. The molecule has 2 N–H and O–H groups in total. The van der Waals surface area contributed by atoms with Crippen molar-refractivity contribution in [2.24, 2.45) is 0 Å². The molecule has 0 bridgehead atoms. The third-order valence-corrected chi connectivity index (χ3v) is 3.68. The maximum absolute atomic E-state index is 3.97. The summed E-state index contributed by atoms with van der Waals surface area (Å²) in [5.74, 6) is 0. The fourth-order valence-corrected chi connectivity index (χ4v) is 2.37. The molecule has 1 aromatic heterocycles. The van der Waals surface area contributed by atoms with E-state index in [1.165, 1.54) is 16.7 Å². The van der Waals surface area contributed by atoms with Gasteiger partial charge in [0.05, 0.1) is 5.69 Å². The van der Waals surface area contributed by atoms with Gasteiger partial charge in [-0.05, 0) is 48.7 Å². The van der Waals surface area contributed by atoms with Gasteiger partial charge in [0.15, 0.2) is 0 Å². The molecule has 1 heterocycles. The van der Waals surface area contributed by atoms with E-state index < -0.39 is 0 Å². The highest BCUT2D eigenvalue weighted by Crippen LogP contribution is 2.20. The largest absolute Gasteiger partial charge is 0.381 e. The molecule has 3 aromatic rings. The predicted octanol–water partition coefficient (Wildman–Crippen LogP) is 4.31. The Morgan fingerprint density at radius 3 is 2.52 bits per heavy atom. The number of aromatic nitrogens is 2. The molecule has 0 aliphatic heterocycles. The van der Waals surface area contributed by atoms with Crippen LogP contribution in [0.25, 0.3) is 11.3 Å². The summed E-state index contributed by atoms with van der Waals surface area (Å²) in [6.07, 6.45) is 1.77. The van der Waals surface area contributed by atoms with Crippen LogP contribution in [-0.2, 0) is 6.54 Å². The molecule has 0 spiro atoms. The van der Waals surface area contributed by atoms with Crippen LogP contribution in [0, 0.1) is 13.8 Å². The fourth-order valence-electron chi connectivity index (χ4n) is 2.37. The Morgan fingerprint density at radius 1 is 1.00 bits per heavy atom. The minimum Gasteiger partial charge on any atom is -0.381 e. The van der Waals surface area contributed by atoms with Crippen molar-refractivity contribution in [1.29, 1.82) is 0 Å². The molecule has 0 saturated carbocycles. The first-order chi connectivity index (χ1) is 10.2. The van der Waals surface area contributed by atoms with Crippen LogP contribution in [0.5, 0.6) is 0 Å². The summed E-state index contributed by atoms with van der Waals surface area (Å²) >= 11 is 0. The number of anilines is 1. The Hall–Kier alpha value is -2.55. The summed E-state index contributed by atoms with van der Waals surface area (Å²) in [6, 6.07) is 16.9. The Morgan fingerprint density at radius 2 is 1.81 bits per heavy atom. The molecule has 0 amide bonds. The molecular formula is C18H19N3. The number of rotatable bonds is 4. The van der Waals surface area contributed by atoms with E-state index in [9.17, 15) is 0 Å². The third-order valence-electron chi connectivity index (χ3n) is 3.68. The van der Waals surface area contributed by atoms with Gasteiger partial charge in [-0.3, -0.25) is 5.10 Å². The van der Waals surface area contributed by atoms with Crippen molar-refractivity contribution in [3.05, 3.63) is 71.4 Å². The number of nitrogens with one attached hydrogen (secondary N) is 2. The summed E-state index contributed by atoms with van der Waals surface area (Å²) in [7, 11) is 0. The molecule has 2 aromatic carbocycles. The molecule has 0 aliphatic rings. The molecule has 106 valence electrons. The van der Waals surface area contributed by atoms with Gasteiger partial charge in [0.1, 0.15) is 0 Å². The van der Waals surface area contributed by atoms with E-state index >= 15 is 0 Å². The standard InChI is InChI=1S/C18H19N3/c1-13-3-4-14(2)16(11-13)12-19-17-7-5-15(6-8-17)18-9-10-20-21-18/h3-11,19H,12H2,1-2H3,(H,20,21). The molecule has 0 fully saturated rings. The van der Waals surface area contributed by atoms with Crippen molar-refractivity contribution in [2.75, 3.05) is 5.32 Å². The Labute approximate surface area is 125 Å². The van der Waals surface area contributed by atoms with Gasteiger partial charge in [-0.25, -0.2) is 0 Å². The lowest BCUT2D eigenvalue weighted by atomic mass is 10.1. The summed E-state index contributed by atoms with van der Waals surface area (Å²) < 4.78 is 0. The second-order valence-corrected chi connectivity index (χ2v) is 5.33. The second kappa shape index (κ2) is 5.83. The second-order valence-electron chi connectivity index (χ2n) is 5.33. The average molecular weight is 277 g/mol. The monoisotopic (exact) mass is 277 g/mol. The lowest BCUT2D eigenvalue weighted by molar-refractivity contribution is 1.09. The first-order valence-corrected chi connectivity index (χ1v) is 7.12. The number of nitrogens with zero attached hydrogens (tertiary/aromatic N) is 1. The van der Waals surface area contributed by atoms with Gasteiger partial charge in [0.2, 0.25) is 0 Å². The summed E-state index contributed by atoms with van der Waals surface area (Å²) in [6.45, 7) is 5.12. The number of hydrogen-bond acceptors (Lipinski definition) is 2. The highest BCUT2D eigenvalue weighted by atomic mass is 15.1. The first-order valence-electron chi connectivity index (χ1n) is 7.12. The molecule has 21 heavy (non-hydrogen) atoms. The highest BCUT2D eigenvalue weighted by Gasteiger charge is 2.01. The van der Waals surface area contributed by atoms with E-state index in [0.717, 1.165) is 23.5 Å². The van der Waals surface area contributed by atoms with Crippen molar-refractivity contribution in [3.63, 3.8) is 0 Å². The van der Waals surface area contributed by atoms with Crippen molar-refractivity contribution < 1.29 is 0 Å². The molecule has 3 heteroatoms. The van der Waals surface area contributed by atoms with E-state index in [1.807, 2.05) is 6.07 Å². The topological polar surface area (TPSA) is 40.7 Å². The van der Waals surface area contributed by atoms with Crippen molar-refractivity contribution in [1.82, 2.24) is 10.2 Å². The summed E-state index contributed by atoms with van der Waals surface area (Å²) in [5, 5.41) is 10.4. The van der Waals surface area contributed by atoms with Gasteiger partial charge in [-0.2, -0.15) is 5.10 Å². The SMILES string of the molecule is Cc1ccc(C)c(CNc2ccc(-c3ccn[nH]3)cc2)c1. The lowest BCUT2D eigenvalue weighted by Crippen LogP contribution is -2.01. The molecule has 0 saturated heterocycles. The Balaban J connectivity index is 1.70. The molecule has 0 aliphatic carbocycles. The van der Waals surface area contributed by atoms with Crippen molar-refractivity contribution >= 4 is 5.69 Å². The Bertz CT molecular complexity index is 713. The van der Waals surface area contributed by atoms with Crippen LogP contribution in [0.4, 0.5) is 5.69 Å². The number of H-pyrrole nitrogens is 1. The van der Waals surface area contributed by atoms with Crippen molar-refractivity contribution in [2.45, 2.75) is 20.4 Å². The van der Waals surface area contributed by atoms with E-state index in [4.69, 9.17) is 0 Å². The third kappa shape index (κ3) is 3.14. The quantitative estimate of drug-likeness (QED) is 0.746. The fraction of sp³-hybridized carbons (Fsp3) is 0.167. The maximum atomic E-state index is 3.97. The first kappa shape index (κ1) is 13.4. The molecule has 0 atom stereocenters. The minimum atomic E-state index is 0.844. The minimum absolute atomic E-state index is 0.844. The van der Waals surface area contributed by atoms with E-state index in [0.29, 0.717) is 0 Å². The highest BCUT2D eigenvalue weighted by molar-refractivity contribution is 5.62. The number of aromatic amines is 1. The summed E-state index contributed by atoms with van der Waals surface area (Å²) in [5.41, 5.74) is 7.27. The van der Waals surface area contributed by atoms with Crippen LogP contribution >= 0.6 is 0 Å². The van der Waals surface area contributed by atoms with Gasteiger partial charge >= 0.3 is 0 Å². The summed E-state index contributed by atoms with van der Waals surface area (Å²) in [4.78, 5) is 0. The zero-order valence-corrected chi connectivity index (χ0v) is 12.4. The van der Waals surface area contributed by atoms with Crippen LogP contribution < -0.4 is 5.32 Å². The van der Waals surface area contributed by atoms with Crippen molar-refractivity contribution in [3.8, 4) is 11.3 Å². The van der Waals surface area contributed by atoms with Gasteiger partial charge < -0.3 is 5.32 Å². The predicted molar refractivity (Wildman–Crippen MR) is 87.3 cm³/mol. The lowest BCUT2D eigenvalue weighted by Gasteiger charge is -2.10. The van der Waals surface area contributed by atoms with Gasteiger partial charge in [-0.15, -0.1) is 0 Å².